The maximum absolute atomic E-state index is 10.9. The van der Waals surface area contributed by atoms with Crippen LogP contribution in [0.4, 0.5) is 5.69 Å². The van der Waals surface area contributed by atoms with E-state index in [-0.39, 0.29) is 10.6 Å². The Balaban J connectivity index is 2.34. The molecule has 0 bridgehead atoms. The number of nitrogens with zero attached hydrogens (tertiary/aromatic N) is 2. The molecule has 0 aliphatic heterocycles. The summed E-state index contributed by atoms with van der Waals surface area (Å²) in [5.41, 5.74) is 1.15. The predicted molar refractivity (Wildman–Crippen MR) is 73.9 cm³/mol. The lowest BCUT2D eigenvalue weighted by molar-refractivity contribution is -0.387. The van der Waals surface area contributed by atoms with E-state index in [2.05, 4.69) is 20.9 Å². The highest BCUT2D eigenvalue weighted by Crippen LogP contribution is 2.34. The van der Waals surface area contributed by atoms with Crippen molar-refractivity contribution in [3.63, 3.8) is 0 Å². The molecule has 4 nitrogen and oxygen atoms in total. The zero-order chi connectivity index (χ0) is 13.1. The molecule has 0 radical (unpaired) electrons. The van der Waals surface area contributed by atoms with Crippen molar-refractivity contribution in [1.82, 2.24) is 4.98 Å². The van der Waals surface area contributed by atoms with E-state index in [1.54, 1.807) is 24.4 Å². The van der Waals surface area contributed by atoms with Gasteiger partial charge in [0, 0.05) is 16.7 Å². The summed E-state index contributed by atoms with van der Waals surface area (Å²) >= 11 is 4.66. The normalized spacial score (nSPS) is 10.3. The second-order valence-electron chi connectivity index (χ2n) is 3.60. The lowest BCUT2D eigenvalue weighted by Crippen LogP contribution is -1.91. The monoisotopic (exact) mass is 324 g/mol. The molecule has 0 aliphatic rings. The third-order valence-corrected chi connectivity index (χ3v) is 4.13. The Morgan fingerprint density at radius 1 is 1.39 bits per heavy atom. The lowest BCUT2D eigenvalue weighted by Gasteiger charge is -2.04. The van der Waals surface area contributed by atoms with Gasteiger partial charge in [-0.2, -0.15) is 0 Å². The van der Waals surface area contributed by atoms with Gasteiger partial charge in [-0.25, -0.2) is 4.98 Å². The maximum atomic E-state index is 10.9. The zero-order valence-electron chi connectivity index (χ0n) is 9.46. The number of pyridine rings is 1. The first-order valence-electron chi connectivity index (χ1n) is 5.11. The van der Waals surface area contributed by atoms with Gasteiger partial charge in [-0.05, 0) is 40.5 Å². The first-order valence-corrected chi connectivity index (χ1v) is 6.72. The molecule has 1 heterocycles. The minimum atomic E-state index is -0.381. The minimum absolute atomic E-state index is 0.102. The summed E-state index contributed by atoms with van der Waals surface area (Å²) in [6, 6.07) is 8.55. The van der Waals surface area contributed by atoms with Crippen molar-refractivity contribution in [1.29, 1.82) is 0 Å². The molecule has 92 valence electrons. The van der Waals surface area contributed by atoms with Crippen molar-refractivity contribution >= 4 is 33.4 Å². The molecule has 0 atom stereocenters. The van der Waals surface area contributed by atoms with Crippen LogP contribution < -0.4 is 0 Å². The van der Waals surface area contributed by atoms with Gasteiger partial charge >= 0.3 is 0 Å². The molecule has 0 fully saturated rings. The second-order valence-corrected chi connectivity index (χ2v) is 5.52. The number of hydrogen-bond donors (Lipinski definition) is 0. The molecule has 1 aromatic carbocycles. The van der Waals surface area contributed by atoms with Gasteiger partial charge < -0.3 is 0 Å². The van der Waals surface area contributed by atoms with Crippen LogP contribution in [0.5, 0.6) is 0 Å². The molecule has 1 aromatic heterocycles. The van der Waals surface area contributed by atoms with Gasteiger partial charge in [0.15, 0.2) is 0 Å². The number of aryl methyl sites for hydroxylation is 1. The van der Waals surface area contributed by atoms with E-state index in [1.807, 2.05) is 13.0 Å². The number of para-hydroxylation sites is 1. The van der Waals surface area contributed by atoms with Crippen LogP contribution in [0.3, 0.4) is 0 Å². The van der Waals surface area contributed by atoms with Gasteiger partial charge in [0.05, 0.1) is 9.82 Å². The molecule has 0 saturated heterocycles. The Morgan fingerprint density at radius 3 is 2.78 bits per heavy atom. The highest BCUT2D eigenvalue weighted by Gasteiger charge is 2.14. The smallest absolute Gasteiger partial charge is 0.258 e. The number of nitro groups is 1. The first-order chi connectivity index (χ1) is 8.58. The van der Waals surface area contributed by atoms with E-state index in [0.717, 1.165) is 15.1 Å². The summed E-state index contributed by atoms with van der Waals surface area (Å²) in [4.78, 5) is 15.3. The summed E-state index contributed by atoms with van der Waals surface area (Å²) in [7, 11) is 0. The number of nitro benzene ring substituents is 1. The third-order valence-electron chi connectivity index (χ3n) is 2.30. The van der Waals surface area contributed by atoms with E-state index in [1.165, 1.54) is 17.8 Å². The van der Waals surface area contributed by atoms with Crippen LogP contribution in [0, 0.1) is 17.0 Å². The zero-order valence-corrected chi connectivity index (χ0v) is 11.9. The van der Waals surface area contributed by atoms with Gasteiger partial charge in [-0.1, -0.05) is 23.9 Å². The summed E-state index contributed by atoms with van der Waals surface area (Å²) in [5.74, 6) is 0. The van der Waals surface area contributed by atoms with Crippen molar-refractivity contribution in [2.75, 3.05) is 0 Å². The summed E-state index contributed by atoms with van der Waals surface area (Å²) in [6.07, 6.45) is 1.70. The van der Waals surface area contributed by atoms with E-state index in [0.29, 0.717) is 4.90 Å². The largest absolute Gasteiger partial charge is 0.283 e. The van der Waals surface area contributed by atoms with Crippen LogP contribution >= 0.6 is 27.7 Å². The lowest BCUT2D eigenvalue weighted by atomic mass is 10.3. The molecule has 0 amide bonds. The Hall–Kier alpha value is -1.40. The number of halogens is 1. The third kappa shape index (κ3) is 2.88. The highest BCUT2D eigenvalue weighted by atomic mass is 79.9. The Labute approximate surface area is 117 Å². The van der Waals surface area contributed by atoms with E-state index < -0.39 is 0 Å². The summed E-state index contributed by atoms with van der Waals surface area (Å²) in [5, 5.41) is 11.6. The molecule has 6 heteroatoms. The van der Waals surface area contributed by atoms with Crippen LogP contribution in [-0.4, -0.2) is 9.91 Å². The van der Waals surface area contributed by atoms with Crippen molar-refractivity contribution in [3.05, 3.63) is 56.7 Å². The molecule has 2 rings (SSSR count). The highest BCUT2D eigenvalue weighted by molar-refractivity contribution is 9.10. The average Bonchev–Trinajstić information content (AvgIpc) is 2.34. The molecule has 18 heavy (non-hydrogen) atoms. The van der Waals surface area contributed by atoms with Crippen LogP contribution in [0.15, 0.2) is 50.9 Å². The Kier molecular flexibility index (Phi) is 3.98. The minimum Gasteiger partial charge on any atom is -0.258 e. The molecule has 0 N–H and O–H groups in total. The number of hydrogen-bond acceptors (Lipinski definition) is 4. The second kappa shape index (κ2) is 5.49. The number of rotatable bonds is 3. The van der Waals surface area contributed by atoms with E-state index in [4.69, 9.17) is 0 Å². The fourth-order valence-corrected chi connectivity index (χ4v) is 2.55. The predicted octanol–water partition coefficient (Wildman–Crippen LogP) is 4.21. The summed E-state index contributed by atoms with van der Waals surface area (Å²) < 4.78 is 0.925. The van der Waals surface area contributed by atoms with Crippen LogP contribution in [0.25, 0.3) is 0 Å². The molecule has 0 saturated carbocycles. The molecular formula is C12H9BrN2O2S. The van der Waals surface area contributed by atoms with Gasteiger partial charge in [0.1, 0.15) is 5.03 Å². The van der Waals surface area contributed by atoms with Crippen LogP contribution in [0.1, 0.15) is 5.56 Å². The van der Waals surface area contributed by atoms with Crippen LogP contribution in [-0.2, 0) is 0 Å². The van der Waals surface area contributed by atoms with Gasteiger partial charge in [0.25, 0.3) is 5.69 Å². The fraction of sp³-hybridized carbons (Fsp3) is 0.0833. The summed E-state index contributed by atoms with van der Waals surface area (Å²) in [6.45, 7) is 1.95. The topological polar surface area (TPSA) is 56.0 Å². The Bertz CT molecular complexity index is 604. The van der Waals surface area contributed by atoms with Crippen molar-refractivity contribution in [3.8, 4) is 0 Å². The SMILES string of the molecule is Cc1cc(Sc2ccccc2[N+](=O)[O-])ncc1Br. The van der Waals surface area contributed by atoms with E-state index >= 15 is 0 Å². The average molecular weight is 325 g/mol. The Morgan fingerprint density at radius 2 is 2.11 bits per heavy atom. The van der Waals surface area contributed by atoms with Crippen LogP contribution in [0.2, 0.25) is 0 Å². The van der Waals surface area contributed by atoms with Gasteiger partial charge in [-0.3, -0.25) is 10.1 Å². The maximum Gasteiger partial charge on any atom is 0.283 e. The molecule has 0 aliphatic carbocycles. The number of aromatic nitrogens is 1. The van der Waals surface area contributed by atoms with Crippen molar-refractivity contribution < 1.29 is 4.92 Å². The van der Waals surface area contributed by atoms with Crippen molar-refractivity contribution in [2.45, 2.75) is 16.8 Å². The van der Waals surface area contributed by atoms with Gasteiger partial charge in [-0.15, -0.1) is 0 Å². The van der Waals surface area contributed by atoms with Gasteiger partial charge in [0.2, 0.25) is 0 Å². The quantitative estimate of drug-likeness (QED) is 0.626. The molecule has 2 aromatic rings. The standard InChI is InChI=1S/C12H9BrN2O2S/c1-8-6-12(14-7-9(8)13)18-11-5-3-2-4-10(11)15(16)17/h2-7H,1H3. The fourth-order valence-electron chi connectivity index (χ4n) is 1.38. The first kappa shape index (κ1) is 13.0. The van der Waals surface area contributed by atoms with E-state index in [9.17, 15) is 10.1 Å². The molecule has 0 spiro atoms. The number of benzene rings is 1. The van der Waals surface area contributed by atoms with Crippen molar-refractivity contribution in [2.24, 2.45) is 0 Å². The molecule has 0 unspecified atom stereocenters. The molecular weight excluding hydrogens is 316 g/mol.